The molecule has 2 aliphatic heterocycles. The maximum absolute atomic E-state index is 11.9. The van der Waals surface area contributed by atoms with Crippen molar-refractivity contribution in [2.45, 2.75) is 52.2 Å². The summed E-state index contributed by atoms with van der Waals surface area (Å²) < 4.78 is 17.2. The highest BCUT2D eigenvalue weighted by molar-refractivity contribution is 6.63. The van der Waals surface area contributed by atoms with Gasteiger partial charge in [-0.3, -0.25) is 0 Å². The fourth-order valence-electron chi connectivity index (χ4n) is 2.63. The molecule has 3 rings (SSSR count). The Balaban J connectivity index is 1.88. The number of carbonyl (C=O) groups excluding carboxylic acids is 1. The molecule has 0 unspecified atom stereocenters. The molecule has 122 valence electrons. The molecule has 0 bridgehead atoms. The van der Waals surface area contributed by atoms with Crippen molar-refractivity contribution >= 4 is 30.1 Å². The minimum absolute atomic E-state index is 0.325. The van der Waals surface area contributed by atoms with Crippen LogP contribution in [0.15, 0.2) is 17.3 Å². The number of nitrogens with zero attached hydrogens (tertiary/aromatic N) is 2. The smallest absolute Gasteiger partial charge is 0.461 e. The highest BCUT2D eigenvalue weighted by Gasteiger charge is 2.52. The standard InChI is InChI=1S/C16H21BN2O4/c1-6-21-14(20)12-9-10-11(7-8-18-13(10)19-12)17-22-15(2,3)16(4,5)23-17/h7-8H,6,9H2,1-5H3. The molecule has 0 aliphatic carbocycles. The normalized spacial score (nSPS) is 21.1. The van der Waals surface area contributed by atoms with E-state index >= 15 is 0 Å². The van der Waals surface area contributed by atoms with E-state index in [2.05, 4.69) is 9.98 Å². The van der Waals surface area contributed by atoms with E-state index in [1.54, 1.807) is 13.1 Å². The third kappa shape index (κ3) is 2.68. The minimum atomic E-state index is -0.492. The number of carbonyl (C=O) groups is 1. The zero-order valence-electron chi connectivity index (χ0n) is 14.2. The molecule has 1 fully saturated rings. The van der Waals surface area contributed by atoms with Crippen molar-refractivity contribution in [2.24, 2.45) is 4.99 Å². The first kappa shape index (κ1) is 16.1. The van der Waals surface area contributed by atoms with Crippen LogP contribution in [0.25, 0.3) is 0 Å². The van der Waals surface area contributed by atoms with E-state index in [-0.39, 0.29) is 0 Å². The van der Waals surface area contributed by atoms with Gasteiger partial charge in [0.2, 0.25) is 0 Å². The summed E-state index contributed by atoms with van der Waals surface area (Å²) in [4.78, 5) is 20.5. The van der Waals surface area contributed by atoms with Crippen LogP contribution >= 0.6 is 0 Å². The number of pyridine rings is 1. The Morgan fingerprint density at radius 3 is 2.57 bits per heavy atom. The Kier molecular flexibility index (Phi) is 3.81. The van der Waals surface area contributed by atoms with Crippen LogP contribution in [0.4, 0.5) is 5.82 Å². The van der Waals surface area contributed by atoms with Crippen molar-refractivity contribution < 1.29 is 18.8 Å². The quantitative estimate of drug-likeness (QED) is 0.625. The lowest BCUT2D eigenvalue weighted by molar-refractivity contribution is -0.135. The van der Waals surface area contributed by atoms with Crippen molar-refractivity contribution in [3.8, 4) is 0 Å². The van der Waals surface area contributed by atoms with Crippen molar-refractivity contribution in [1.82, 2.24) is 4.98 Å². The van der Waals surface area contributed by atoms with Gasteiger partial charge < -0.3 is 14.0 Å². The summed E-state index contributed by atoms with van der Waals surface area (Å²) in [5.74, 6) is 0.144. The second-order valence-electron chi connectivity index (χ2n) is 6.75. The van der Waals surface area contributed by atoms with Crippen molar-refractivity contribution in [3.05, 3.63) is 17.8 Å². The lowest BCUT2D eigenvalue weighted by atomic mass is 9.76. The van der Waals surface area contributed by atoms with E-state index < -0.39 is 24.3 Å². The predicted octanol–water partition coefficient (Wildman–Crippen LogP) is 1.57. The predicted molar refractivity (Wildman–Crippen MR) is 87.4 cm³/mol. The summed E-state index contributed by atoms with van der Waals surface area (Å²) in [6.07, 6.45) is 2.05. The SMILES string of the molecule is CCOC(=O)C1=Nc2nccc(B3OC(C)(C)C(C)(C)O3)c2C1. The molecule has 0 saturated carbocycles. The lowest BCUT2D eigenvalue weighted by Gasteiger charge is -2.32. The zero-order valence-corrected chi connectivity index (χ0v) is 14.2. The van der Waals surface area contributed by atoms with E-state index in [4.69, 9.17) is 14.0 Å². The van der Waals surface area contributed by atoms with Crippen LogP contribution in [-0.2, 0) is 25.3 Å². The molecule has 23 heavy (non-hydrogen) atoms. The third-order valence-electron chi connectivity index (χ3n) is 4.67. The molecule has 0 amide bonds. The largest absolute Gasteiger partial charge is 0.495 e. The number of rotatable bonds is 3. The molecular weight excluding hydrogens is 295 g/mol. The molecule has 2 aliphatic rings. The first-order valence-electron chi connectivity index (χ1n) is 7.83. The summed E-state index contributed by atoms with van der Waals surface area (Å²) in [5.41, 5.74) is 1.28. The molecule has 0 N–H and O–H groups in total. The topological polar surface area (TPSA) is 70.0 Å². The van der Waals surface area contributed by atoms with Gasteiger partial charge >= 0.3 is 13.1 Å². The van der Waals surface area contributed by atoms with Crippen LogP contribution in [0.5, 0.6) is 0 Å². The average molecular weight is 316 g/mol. The first-order valence-corrected chi connectivity index (χ1v) is 7.83. The number of ether oxygens (including phenoxy) is 1. The summed E-state index contributed by atoms with van der Waals surface area (Å²) in [5, 5.41) is 0. The number of hydrogen-bond acceptors (Lipinski definition) is 6. The number of esters is 1. The van der Waals surface area contributed by atoms with E-state index in [0.29, 0.717) is 24.6 Å². The molecular formula is C16H21BN2O4. The Morgan fingerprint density at radius 2 is 1.96 bits per heavy atom. The highest BCUT2D eigenvalue weighted by Crippen LogP contribution is 2.37. The number of aromatic nitrogens is 1. The molecule has 0 radical (unpaired) electrons. The molecule has 3 heterocycles. The summed E-state index contributed by atoms with van der Waals surface area (Å²) >= 11 is 0. The van der Waals surface area contributed by atoms with Crippen molar-refractivity contribution in [1.29, 1.82) is 0 Å². The van der Waals surface area contributed by atoms with Crippen LogP contribution in [0.3, 0.4) is 0 Å². The second kappa shape index (κ2) is 5.42. The molecule has 6 nitrogen and oxygen atoms in total. The van der Waals surface area contributed by atoms with Gasteiger partial charge in [-0.1, -0.05) is 0 Å². The number of hydrogen-bond donors (Lipinski definition) is 0. The monoisotopic (exact) mass is 316 g/mol. The summed E-state index contributed by atoms with van der Waals surface area (Å²) in [6.45, 7) is 10.1. The van der Waals surface area contributed by atoms with Crippen LogP contribution in [0, 0.1) is 0 Å². The summed E-state index contributed by atoms with van der Waals surface area (Å²) in [7, 11) is -0.492. The maximum Gasteiger partial charge on any atom is 0.495 e. The van der Waals surface area contributed by atoms with E-state index in [0.717, 1.165) is 11.0 Å². The molecule has 1 saturated heterocycles. The van der Waals surface area contributed by atoms with Crippen LogP contribution in [-0.4, -0.2) is 41.6 Å². The maximum atomic E-state index is 11.9. The van der Waals surface area contributed by atoms with Gasteiger partial charge in [-0.2, -0.15) is 0 Å². The Bertz CT molecular complexity index is 669. The third-order valence-corrected chi connectivity index (χ3v) is 4.67. The van der Waals surface area contributed by atoms with Gasteiger partial charge in [-0.25, -0.2) is 14.8 Å². The van der Waals surface area contributed by atoms with E-state index in [9.17, 15) is 4.79 Å². The fraction of sp³-hybridized carbons (Fsp3) is 0.562. The van der Waals surface area contributed by atoms with E-state index in [1.165, 1.54) is 0 Å². The highest BCUT2D eigenvalue weighted by atomic mass is 16.7. The van der Waals surface area contributed by atoms with Crippen LogP contribution < -0.4 is 5.46 Å². The van der Waals surface area contributed by atoms with Gasteiger partial charge in [0.25, 0.3) is 0 Å². The molecule has 1 aromatic heterocycles. The van der Waals surface area contributed by atoms with Crippen LogP contribution in [0.1, 0.15) is 40.2 Å². The Labute approximate surface area is 136 Å². The van der Waals surface area contributed by atoms with Crippen LogP contribution in [0.2, 0.25) is 0 Å². The second-order valence-corrected chi connectivity index (χ2v) is 6.75. The molecule has 1 aromatic rings. The van der Waals surface area contributed by atoms with Gasteiger partial charge in [0.1, 0.15) is 5.71 Å². The first-order chi connectivity index (χ1) is 10.7. The van der Waals surface area contributed by atoms with Gasteiger partial charge in [0, 0.05) is 18.2 Å². The van der Waals surface area contributed by atoms with Crippen molar-refractivity contribution in [2.75, 3.05) is 6.61 Å². The fourth-order valence-corrected chi connectivity index (χ4v) is 2.63. The van der Waals surface area contributed by atoms with E-state index in [1.807, 2.05) is 33.8 Å². The van der Waals surface area contributed by atoms with Gasteiger partial charge in [-0.05, 0) is 46.1 Å². The van der Waals surface area contributed by atoms with Gasteiger partial charge in [0.05, 0.1) is 17.8 Å². The molecule has 0 spiro atoms. The van der Waals surface area contributed by atoms with Gasteiger partial charge in [0.15, 0.2) is 5.82 Å². The zero-order chi connectivity index (χ0) is 16.8. The average Bonchev–Trinajstić information content (AvgIpc) is 2.98. The number of fused-ring (bicyclic) bond motifs is 1. The van der Waals surface area contributed by atoms with Crippen molar-refractivity contribution in [3.63, 3.8) is 0 Å². The number of aliphatic imine (C=N–C) groups is 1. The molecule has 0 atom stereocenters. The lowest BCUT2D eigenvalue weighted by Crippen LogP contribution is -2.41. The summed E-state index contributed by atoms with van der Waals surface area (Å²) in [6, 6.07) is 1.87. The Morgan fingerprint density at radius 1 is 1.30 bits per heavy atom. The van der Waals surface area contributed by atoms with Gasteiger partial charge in [-0.15, -0.1) is 0 Å². The molecule has 0 aromatic carbocycles. The minimum Gasteiger partial charge on any atom is -0.461 e. The molecule has 7 heteroatoms. The Hall–Kier alpha value is -1.73.